The fraction of sp³-hybridized carbons (Fsp3) is 0.588. The molecule has 1 saturated carbocycles. The summed E-state index contributed by atoms with van der Waals surface area (Å²) in [6.07, 6.45) is 6.02. The Morgan fingerprint density at radius 1 is 1.18 bits per heavy atom. The maximum absolute atomic E-state index is 12.5. The van der Waals surface area contributed by atoms with Gasteiger partial charge < -0.3 is 20.5 Å². The molecule has 22 heavy (non-hydrogen) atoms. The van der Waals surface area contributed by atoms with Crippen molar-refractivity contribution in [3.8, 4) is 11.5 Å². The van der Waals surface area contributed by atoms with Crippen molar-refractivity contribution < 1.29 is 14.3 Å². The van der Waals surface area contributed by atoms with Crippen LogP contribution in [0.5, 0.6) is 11.5 Å². The Labute approximate surface area is 132 Å². The Kier molecular flexibility index (Phi) is 6.07. The minimum atomic E-state index is -0.127. The van der Waals surface area contributed by atoms with Gasteiger partial charge in [-0.1, -0.05) is 19.3 Å². The molecule has 0 bridgehead atoms. The summed E-state index contributed by atoms with van der Waals surface area (Å²) in [7, 11) is 3.14. The first kappa shape index (κ1) is 16.6. The number of methoxy groups -OCH3 is 2. The Morgan fingerprint density at radius 2 is 1.77 bits per heavy atom. The van der Waals surface area contributed by atoms with Crippen LogP contribution >= 0.6 is 0 Å². The number of rotatable bonds is 6. The topological polar surface area (TPSA) is 73.6 Å². The van der Waals surface area contributed by atoms with Gasteiger partial charge in [0.05, 0.1) is 14.2 Å². The largest absolute Gasteiger partial charge is 0.497 e. The van der Waals surface area contributed by atoms with Crippen LogP contribution in [0.1, 0.15) is 42.5 Å². The highest BCUT2D eigenvalue weighted by Gasteiger charge is 2.24. The molecular formula is C17H26N2O3. The van der Waals surface area contributed by atoms with Gasteiger partial charge in [0.15, 0.2) is 0 Å². The van der Waals surface area contributed by atoms with E-state index in [1.165, 1.54) is 19.3 Å². The lowest BCUT2D eigenvalue weighted by Gasteiger charge is -2.30. The standard InChI is InChI=1S/C17H26N2O3/c1-21-14-8-13(9-15(10-14)22-2)17(20)19-16(11-18)12-6-4-3-5-7-12/h8-10,12,16H,3-7,11,18H2,1-2H3,(H,19,20). The first-order chi connectivity index (χ1) is 10.7. The lowest BCUT2D eigenvalue weighted by Crippen LogP contribution is -2.45. The number of nitrogens with one attached hydrogen (secondary N) is 1. The molecule has 1 aromatic rings. The lowest BCUT2D eigenvalue weighted by molar-refractivity contribution is 0.0915. The third-order valence-corrected chi connectivity index (χ3v) is 4.40. The minimum absolute atomic E-state index is 0.0324. The molecule has 1 aliphatic carbocycles. The summed E-state index contributed by atoms with van der Waals surface area (Å²) in [5, 5.41) is 3.08. The van der Waals surface area contributed by atoms with Gasteiger partial charge in [0.25, 0.3) is 5.91 Å². The number of ether oxygens (including phenoxy) is 2. The van der Waals surface area contributed by atoms with E-state index in [2.05, 4.69) is 5.32 Å². The molecule has 0 aliphatic heterocycles. The van der Waals surface area contributed by atoms with Crippen molar-refractivity contribution >= 4 is 5.91 Å². The van der Waals surface area contributed by atoms with Crippen LogP contribution in [0.25, 0.3) is 0 Å². The molecule has 1 aliphatic rings. The minimum Gasteiger partial charge on any atom is -0.497 e. The molecule has 0 radical (unpaired) electrons. The van der Waals surface area contributed by atoms with Gasteiger partial charge in [-0.25, -0.2) is 0 Å². The Bertz CT molecular complexity index is 476. The van der Waals surface area contributed by atoms with Crippen LogP contribution in [0, 0.1) is 5.92 Å². The van der Waals surface area contributed by atoms with E-state index in [1.807, 2.05) is 0 Å². The van der Waals surface area contributed by atoms with Crippen molar-refractivity contribution in [3.05, 3.63) is 23.8 Å². The number of hydrogen-bond acceptors (Lipinski definition) is 4. The molecule has 0 spiro atoms. The maximum atomic E-state index is 12.5. The number of amides is 1. The molecule has 1 aromatic carbocycles. The predicted molar refractivity (Wildman–Crippen MR) is 86.4 cm³/mol. The van der Waals surface area contributed by atoms with Crippen molar-refractivity contribution in [2.45, 2.75) is 38.1 Å². The molecule has 0 heterocycles. The summed E-state index contributed by atoms with van der Waals surface area (Å²) < 4.78 is 10.4. The van der Waals surface area contributed by atoms with Gasteiger partial charge in [-0.3, -0.25) is 4.79 Å². The summed E-state index contributed by atoms with van der Waals surface area (Å²) in [6.45, 7) is 0.470. The maximum Gasteiger partial charge on any atom is 0.251 e. The van der Waals surface area contributed by atoms with Crippen molar-refractivity contribution in [2.24, 2.45) is 11.7 Å². The summed E-state index contributed by atoms with van der Waals surface area (Å²) in [5.41, 5.74) is 6.41. The van der Waals surface area contributed by atoms with Crippen molar-refractivity contribution in [1.29, 1.82) is 0 Å². The van der Waals surface area contributed by atoms with E-state index in [4.69, 9.17) is 15.2 Å². The van der Waals surface area contributed by atoms with Gasteiger partial charge in [0, 0.05) is 24.2 Å². The van der Waals surface area contributed by atoms with Gasteiger partial charge in [0.2, 0.25) is 0 Å². The van der Waals surface area contributed by atoms with Gasteiger partial charge in [0.1, 0.15) is 11.5 Å². The first-order valence-corrected chi connectivity index (χ1v) is 7.92. The number of benzene rings is 1. The zero-order valence-corrected chi connectivity index (χ0v) is 13.4. The molecule has 0 aromatic heterocycles. The highest BCUT2D eigenvalue weighted by Crippen LogP contribution is 2.27. The third-order valence-electron chi connectivity index (χ3n) is 4.40. The van der Waals surface area contributed by atoms with Crippen LogP contribution in [0.15, 0.2) is 18.2 Å². The van der Waals surface area contributed by atoms with E-state index in [9.17, 15) is 4.79 Å². The predicted octanol–water partition coefficient (Wildman–Crippen LogP) is 2.34. The van der Waals surface area contributed by atoms with Gasteiger partial charge >= 0.3 is 0 Å². The van der Waals surface area contributed by atoms with E-state index >= 15 is 0 Å². The van der Waals surface area contributed by atoms with Crippen LogP contribution in [-0.4, -0.2) is 32.7 Å². The van der Waals surface area contributed by atoms with Crippen LogP contribution in [0.4, 0.5) is 0 Å². The molecule has 1 atom stereocenters. The molecule has 1 fully saturated rings. The fourth-order valence-corrected chi connectivity index (χ4v) is 3.10. The van der Waals surface area contributed by atoms with Gasteiger partial charge in [-0.2, -0.15) is 0 Å². The number of carbonyl (C=O) groups excluding carboxylic acids is 1. The smallest absolute Gasteiger partial charge is 0.251 e. The first-order valence-electron chi connectivity index (χ1n) is 7.92. The highest BCUT2D eigenvalue weighted by atomic mass is 16.5. The Morgan fingerprint density at radius 3 is 2.27 bits per heavy atom. The summed E-state index contributed by atoms with van der Waals surface area (Å²) >= 11 is 0. The SMILES string of the molecule is COc1cc(OC)cc(C(=O)NC(CN)C2CCCCC2)c1. The monoisotopic (exact) mass is 306 g/mol. The zero-order valence-electron chi connectivity index (χ0n) is 13.4. The second kappa shape index (κ2) is 8.03. The number of hydrogen-bond donors (Lipinski definition) is 2. The summed E-state index contributed by atoms with van der Waals surface area (Å²) in [4.78, 5) is 12.5. The molecule has 1 unspecified atom stereocenters. The number of nitrogens with two attached hydrogens (primary N) is 1. The van der Waals surface area contributed by atoms with Crippen LogP contribution < -0.4 is 20.5 Å². The number of carbonyl (C=O) groups is 1. The summed E-state index contributed by atoms with van der Waals surface area (Å²) in [6, 6.07) is 5.21. The molecule has 1 amide bonds. The highest BCUT2D eigenvalue weighted by molar-refractivity contribution is 5.95. The van der Waals surface area contributed by atoms with E-state index < -0.39 is 0 Å². The Balaban J connectivity index is 2.09. The molecule has 2 rings (SSSR count). The van der Waals surface area contributed by atoms with Crippen LogP contribution in [-0.2, 0) is 0 Å². The van der Waals surface area contributed by atoms with E-state index in [-0.39, 0.29) is 11.9 Å². The van der Waals surface area contributed by atoms with E-state index in [0.29, 0.717) is 29.5 Å². The van der Waals surface area contributed by atoms with Crippen LogP contribution in [0.3, 0.4) is 0 Å². The van der Waals surface area contributed by atoms with E-state index in [0.717, 1.165) is 12.8 Å². The summed E-state index contributed by atoms with van der Waals surface area (Å²) in [5.74, 6) is 1.56. The molecule has 0 saturated heterocycles. The second-order valence-corrected chi connectivity index (χ2v) is 5.82. The third kappa shape index (κ3) is 4.13. The van der Waals surface area contributed by atoms with Crippen molar-refractivity contribution in [1.82, 2.24) is 5.32 Å². The fourth-order valence-electron chi connectivity index (χ4n) is 3.10. The molecule has 5 heteroatoms. The quantitative estimate of drug-likeness (QED) is 0.846. The molecule has 122 valence electrons. The van der Waals surface area contributed by atoms with Gasteiger partial charge in [-0.05, 0) is 30.9 Å². The average molecular weight is 306 g/mol. The van der Waals surface area contributed by atoms with Crippen molar-refractivity contribution in [3.63, 3.8) is 0 Å². The average Bonchev–Trinajstić information content (AvgIpc) is 2.59. The van der Waals surface area contributed by atoms with Crippen LogP contribution in [0.2, 0.25) is 0 Å². The van der Waals surface area contributed by atoms with E-state index in [1.54, 1.807) is 32.4 Å². The lowest BCUT2D eigenvalue weighted by atomic mass is 9.84. The molecular weight excluding hydrogens is 280 g/mol. The molecule has 3 N–H and O–H groups in total. The Hall–Kier alpha value is -1.75. The van der Waals surface area contributed by atoms with Gasteiger partial charge in [-0.15, -0.1) is 0 Å². The normalized spacial score (nSPS) is 16.9. The molecule has 5 nitrogen and oxygen atoms in total. The van der Waals surface area contributed by atoms with Crippen molar-refractivity contribution in [2.75, 3.05) is 20.8 Å². The zero-order chi connectivity index (χ0) is 15.9. The second-order valence-electron chi connectivity index (χ2n) is 5.82.